The van der Waals surface area contributed by atoms with Gasteiger partial charge in [0.05, 0.1) is 0 Å². The van der Waals surface area contributed by atoms with E-state index in [0.29, 0.717) is 0 Å². The van der Waals surface area contributed by atoms with E-state index < -0.39 is 0 Å². The van der Waals surface area contributed by atoms with Crippen LogP contribution in [0.15, 0.2) is 12.2 Å². The van der Waals surface area contributed by atoms with Gasteiger partial charge in [-0.25, -0.2) is 0 Å². The van der Waals surface area contributed by atoms with E-state index >= 15 is 0 Å². The summed E-state index contributed by atoms with van der Waals surface area (Å²) in [5, 5.41) is 0. The molecule has 76 valence electrons. The first-order chi connectivity index (χ1) is 6.29. The van der Waals surface area contributed by atoms with Crippen molar-refractivity contribution < 1.29 is 0 Å². The molecule has 0 bridgehead atoms. The molecular weight excluding hydrogens is 156 g/mol. The van der Waals surface area contributed by atoms with Crippen molar-refractivity contribution in [2.45, 2.75) is 58.8 Å². The lowest BCUT2D eigenvalue weighted by Crippen LogP contribution is -2.03. The van der Waals surface area contributed by atoms with Crippen molar-refractivity contribution >= 4 is 0 Å². The Morgan fingerprint density at radius 3 is 2.69 bits per heavy atom. The van der Waals surface area contributed by atoms with Crippen LogP contribution in [0.4, 0.5) is 0 Å². The van der Waals surface area contributed by atoms with E-state index in [2.05, 4.69) is 26.0 Å². The molecule has 0 radical (unpaired) electrons. The predicted octanol–water partition coefficient (Wildman–Crippen LogP) is 4.56. The van der Waals surface area contributed by atoms with Crippen LogP contribution in [-0.2, 0) is 0 Å². The summed E-state index contributed by atoms with van der Waals surface area (Å²) in [7, 11) is 0. The molecule has 13 heavy (non-hydrogen) atoms. The zero-order valence-corrected chi connectivity index (χ0v) is 9.26. The number of hydrogen-bond donors (Lipinski definition) is 0. The monoisotopic (exact) mass is 180 g/mol. The molecule has 0 aromatic carbocycles. The molecule has 0 aromatic heterocycles. The van der Waals surface area contributed by atoms with Gasteiger partial charge in [0.25, 0.3) is 0 Å². The number of allylic oxidation sites excluding steroid dienone is 2. The van der Waals surface area contributed by atoms with Crippen molar-refractivity contribution in [3.63, 3.8) is 0 Å². The first-order valence-corrected chi connectivity index (χ1v) is 5.94. The van der Waals surface area contributed by atoms with Crippen LogP contribution in [0, 0.1) is 11.8 Å². The van der Waals surface area contributed by atoms with Crippen LogP contribution in [0.3, 0.4) is 0 Å². The Morgan fingerprint density at radius 1 is 1.15 bits per heavy atom. The van der Waals surface area contributed by atoms with Crippen molar-refractivity contribution in [3.8, 4) is 0 Å². The second kappa shape index (κ2) is 6.23. The van der Waals surface area contributed by atoms with Gasteiger partial charge in [-0.05, 0) is 37.5 Å². The summed E-state index contributed by atoms with van der Waals surface area (Å²) in [6, 6.07) is 0. The predicted molar refractivity (Wildman–Crippen MR) is 59.8 cm³/mol. The fourth-order valence-corrected chi connectivity index (χ4v) is 2.09. The van der Waals surface area contributed by atoms with Gasteiger partial charge in [0.1, 0.15) is 0 Å². The summed E-state index contributed by atoms with van der Waals surface area (Å²) in [4.78, 5) is 0. The van der Waals surface area contributed by atoms with E-state index in [9.17, 15) is 0 Å². The summed E-state index contributed by atoms with van der Waals surface area (Å²) in [5.74, 6) is 1.91. The second-order valence-corrected chi connectivity index (χ2v) is 4.82. The number of rotatable bonds is 3. The molecule has 1 aliphatic rings. The summed E-state index contributed by atoms with van der Waals surface area (Å²) in [5.41, 5.74) is 0. The minimum Gasteiger partial charge on any atom is -0.0885 e. The van der Waals surface area contributed by atoms with E-state index in [-0.39, 0.29) is 0 Å². The molecule has 1 unspecified atom stereocenters. The van der Waals surface area contributed by atoms with Crippen LogP contribution in [-0.4, -0.2) is 0 Å². The van der Waals surface area contributed by atoms with Gasteiger partial charge in [0, 0.05) is 0 Å². The Morgan fingerprint density at radius 2 is 1.92 bits per heavy atom. The minimum absolute atomic E-state index is 0.890. The highest BCUT2D eigenvalue weighted by atomic mass is 14.1. The lowest BCUT2D eigenvalue weighted by atomic mass is 9.88. The Balaban J connectivity index is 2.19. The molecule has 0 heteroatoms. The lowest BCUT2D eigenvalue weighted by molar-refractivity contribution is 0.370. The SMILES string of the molecule is CC(C)CCC1CC/C=C/CCC1. The maximum atomic E-state index is 2.38. The molecule has 0 aromatic rings. The largest absolute Gasteiger partial charge is 0.0885 e. The van der Waals surface area contributed by atoms with Crippen molar-refractivity contribution in [2.75, 3.05) is 0 Å². The summed E-state index contributed by atoms with van der Waals surface area (Å²) in [6.07, 6.45) is 14.6. The second-order valence-electron chi connectivity index (χ2n) is 4.82. The van der Waals surface area contributed by atoms with Gasteiger partial charge in [-0.2, -0.15) is 0 Å². The van der Waals surface area contributed by atoms with E-state index in [4.69, 9.17) is 0 Å². The highest BCUT2D eigenvalue weighted by Gasteiger charge is 2.09. The highest BCUT2D eigenvalue weighted by molar-refractivity contribution is 4.84. The first kappa shape index (κ1) is 10.8. The molecule has 1 rings (SSSR count). The normalized spacial score (nSPS) is 26.8. The van der Waals surface area contributed by atoms with Gasteiger partial charge in [-0.15, -0.1) is 0 Å². The molecule has 0 spiro atoms. The van der Waals surface area contributed by atoms with Crippen molar-refractivity contribution in [3.05, 3.63) is 12.2 Å². The van der Waals surface area contributed by atoms with Crippen LogP contribution in [0.1, 0.15) is 58.8 Å². The molecule has 0 saturated carbocycles. The molecule has 0 aliphatic heterocycles. The molecule has 0 heterocycles. The third kappa shape index (κ3) is 5.13. The van der Waals surface area contributed by atoms with Gasteiger partial charge in [0.2, 0.25) is 0 Å². The zero-order chi connectivity index (χ0) is 9.52. The van der Waals surface area contributed by atoms with Crippen LogP contribution in [0.5, 0.6) is 0 Å². The lowest BCUT2D eigenvalue weighted by Gasteiger charge is -2.18. The Kier molecular flexibility index (Phi) is 5.19. The maximum absolute atomic E-state index is 2.38. The van der Waals surface area contributed by atoms with Gasteiger partial charge in [-0.3, -0.25) is 0 Å². The third-order valence-corrected chi connectivity index (χ3v) is 3.04. The third-order valence-electron chi connectivity index (χ3n) is 3.04. The maximum Gasteiger partial charge on any atom is -0.0348 e. The van der Waals surface area contributed by atoms with Crippen molar-refractivity contribution in [2.24, 2.45) is 11.8 Å². The standard InChI is InChI=1S/C13H24/c1-12(2)10-11-13-8-6-4-3-5-7-9-13/h3-4,12-13H,5-11H2,1-2H3/b4-3+. The smallest absolute Gasteiger partial charge is 0.0348 e. The van der Waals surface area contributed by atoms with E-state index in [1.807, 2.05) is 0 Å². The Bertz CT molecular complexity index is 144. The molecule has 0 fully saturated rings. The van der Waals surface area contributed by atoms with Crippen LogP contribution in [0.2, 0.25) is 0 Å². The van der Waals surface area contributed by atoms with Gasteiger partial charge < -0.3 is 0 Å². The minimum atomic E-state index is 0.890. The summed E-state index contributed by atoms with van der Waals surface area (Å²) in [6.45, 7) is 4.67. The van der Waals surface area contributed by atoms with E-state index in [1.54, 1.807) is 0 Å². The molecule has 1 atom stereocenters. The molecule has 1 aliphatic carbocycles. The average molecular weight is 180 g/mol. The average Bonchev–Trinajstić information content (AvgIpc) is 2.01. The van der Waals surface area contributed by atoms with E-state index in [1.165, 1.54) is 44.9 Å². The number of hydrogen-bond acceptors (Lipinski definition) is 0. The molecule has 0 nitrogen and oxygen atoms in total. The van der Waals surface area contributed by atoms with Gasteiger partial charge in [-0.1, -0.05) is 45.3 Å². The first-order valence-electron chi connectivity index (χ1n) is 5.94. The Hall–Kier alpha value is -0.260. The van der Waals surface area contributed by atoms with Crippen molar-refractivity contribution in [1.29, 1.82) is 0 Å². The van der Waals surface area contributed by atoms with E-state index in [0.717, 1.165) is 11.8 Å². The van der Waals surface area contributed by atoms with Gasteiger partial charge >= 0.3 is 0 Å². The molecule has 0 saturated heterocycles. The molecule has 0 amide bonds. The Labute approximate surface area is 83.4 Å². The quantitative estimate of drug-likeness (QED) is 0.558. The van der Waals surface area contributed by atoms with Crippen molar-refractivity contribution in [1.82, 2.24) is 0 Å². The fraction of sp³-hybridized carbons (Fsp3) is 0.846. The highest BCUT2D eigenvalue weighted by Crippen LogP contribution is 2.24. The molecule has 0 N–H and O–H groups in total. The fourth-order valence-electron chi connectivity index (χ4n) is 2.09. The summed E-state index contributed by atoms with van der Waals surface area (Å²) < 4.78 is 0. The molecular formula is C13H24. The van der Waals surface area contributed by atoms with Gasteiger partial charge in [0.15, 0.2) is 0 Å². The summed E-state index contributed by atoms with van der Waals surface area (Å²) >= 11 is 0. The van der Waals surface area contributed by atoms with Crippen LogP contribution < -0.4 is 0 Å². The van der Waals surface area contributed by atoms with Crippen LogP contribution >= 0.6 is 0 Å². The zero-order valence-electron chi connectivity index (χ0n) is 9.26. The van der Waals surface area contributed by atoms with Crippen LogP contribution in [0.25, 0.3) is 0 Å². The topological polar surface area (TPSA) is 0 Å².